The molecule has 0 unspecified atom stereocenters. The van der Waals surface area contributed by atoms with Crippen molar-refractivity contribution in [3.05, 3.63) is 34.3 Å². The summed E-state index contributed by atoms with van der Waals surface area (Å²) in [6, 6.07) is 6.42. The van der Waals surface area contributed by atoms with Gasteiger partial charge in [-0.05, 0) is 42.7 Å². The summed E-state index contributed by atoms with van der Waals surface area (Å²) in [5.74, 6) is 0.472. The van der Waals surface area contributed by atoms with Crippen LogP contribution in [0.25, 0.3) is 10.4 Å². The molecule has 0 saturated carbocycles. The highest BCUT2D eigenvalue weighted by molar-refractivity contribution is 7.13. The third-order valence-corrected chi connectivity index (χ3v) is 4.90. The first-order valence-corrected chi connectivity index (χ1v) is 8.27. The number of fused-ring (bicyclic) bond motifs is 1. The zero-order chi connectivity index (χ0) is 14.7. The van der Waals surface area contributed by atoms with Gasteiger partial charge in [-0.3, -0.25) is 0 Å². The highest BCUT2D eigenvalue weighted by atomic mass is 32.1. The molecular formula is C17H18N2OS. The predicted octanol–water partition coefficient (Wildman–Crippen LogP) is 4.35. The summed E-state index contributed by atoms with van der Waals surface area (Å²) < 4.78 is 5.38. The van der Waals surface area contributed by atoms with Crippen LogP contribution in [0, 0.1) is 11.3 Å². The summed E-state index contributed by atoms with van der Waals surface area (Å²) in [6.45, 7) is 0. The predicted molar refractivity (Wildman–Crippen MR) is 84.7 cm³/mol. The number of aromatic nitrogens is 1. The second-order valence-corrected chi connectivity index (χ2v) is 6.25. The van der Waals surface area contributed by atoms with Crippen molar-refractivity contribution < 1.29 is 4.74 Å². The van der Waals surface area contributed by atoms with E-state index in [1.165, 1.54) is 31.2 Å². The number of nitrogens with zero attached hydrogens (tertiary/aromatic N) is 2. The summed E-state index contributed by atoms with van der Waals surface area (Å²) in [7, 11) is 1.59. The SMILES string of the molecule is COc1nc2c(c(-c3cccs3)c1C#N)CCCCCC2. The first-order chi connectivity index (χ1) is 10.3. The number of aryl methyl sites for hydroxylation is 1. The van der Waals surface area contributed by atoms with Crippen molar-refractivity contribution in [2.45, 2.75) is 38.5 Å². The van der Waals surface area contributed by atoms with Gasteiger partial charge in [-0.2, -0.15) is 5.26 Å². The largest absolute Gasteiger partial charge is 0.480 e. The van der Waals surface area contributed by atoms with Gasteiger partial charge in [-0.25, -0.2) is 4.98 Å². The van der Waals surface area contributed by atoms with Gasteiger partial charge in [0.2, 0.25) is 5.88 Å². The van der Waals surface area contributed by atoms with Crippen molar-refractivity contribution in [3.8, 4) is 22.4 Å². The van der Waals surface area contributed by atoms with E-state index in [1.54, 1.807) is 18.4 Å². The Labute approximate surface area is 129 Å². The molecule has 2 heterocycles. The fourth-order valence-electron chi connectivity index (χ4n) is 3.02. The second-order valence-electron chi connectivity index (χ2n) is 5.30. The van der Waals surface area contributed by atoms with E-state index in [-0.39, 0.29) is 0 Å². The van der Waals surface area contributed by atoms with Crippen molar-refractivity contribution in [3.63, 3.8) is 0 Å². The van der Waals surface area contributed by atoms with Crippen LogP contribution in [0.15, 0.2) is 17.5 Å². The van der Waals surface area contributed by atoms with Crippen LogP contribution in [0.4, 0.5) is 0 Å². The van der Waals surface area contributed by atoms with Crippen molar-refractivity contribution in [1.29, 1.82) is 5.26 Å². The fraction of sp³-hybridized carbons (Fsp3) is 0.412. The first-order valence-electron chi connectivity index (χ1n) is 7.39. The molecule has 0 aliphatic heterocycles. The summed E-state index contributed by atoms with van der Waals surface area (Å²) in [5, 5.41) is 11.6. The highest BCUT2D eigenvalue weighted by Gasteiger charge is 2.22. The van der Waals surface area contributed by atoms with Crippen LogP contribution in [-0.2, 0) is 12.8 Å². The molecule has 1 aliphatic rings. The third kappa shape index (κ3) is 2.66. The van der Waals surface area contributed by atoms with Gasteiger partial charge in [0.1, 0.15) is 11.6 Å². The van der Waals surface area contributed by atoms with E-state index in [9.17, 15) is 5.26 Å². The quantitative estimate of drug-likeness (QED) is 0.828. The molecule has 3 nitrogen and oxygen atoms in total. The Morgan fingerprint density at radius 3 is 2.71 bits per heavy atom. The van der Waals surface area contributed by atoms with E-state index >= 15 is 0 Å². The Morgan fingerprint density at radius 1 is 1.24 bits per heavy atom. The zero-order valence-corrected chi connectivity index (χ0v) is 13.0. The monoisotopic (exact) mass is 298 g/mol. The van der Waals surface area contributed by atoms with Gasteiger partial charge in [0.15, 0.2) is 0 Å². The van der Waals surface area contributed by atoms with E-state index in [2.05, 4.69) is 22.5 Å². The molecule has 0 aromatic carbocycles. The Morgan fingerprint density at radius 2 is 2.05 bits per heavy atom. The van der Waals surface area contributed by atoms with Crippen LogP contribution in [0.3, 0.4) is 0 Å². The first kappa shape index (κ1) is 14.1. The van der Waals surface area contributed by atoms with Gasteiger partial charge < -0.3 is 4.74 Å². The molecule has 0 saturated heterocycles. The van der Waals surface area contributed by atoms with Crippen molar-refractivity contribution >= 4 is 11.3 Å². The Hall–Kier alpha value is -1.86. The van der Waals surface area contributed by atoms with Crippen LogP contribution in [0.5, 0.6) is 5.88 Å². The van der Waals surface area contributed by atoms with E-state index in [1.807, 2.05) is 6.07 Å². The molecule has 0 N–H and O–H groups in total. The number of hydrogen-bond acceptors (Lipinski definition) is 4. The zero-order valence-electron chi connectivity index (χ0n) is 12.2. The van der Waals surface area contributed by atoms with Crippen LogP contribution in [0.1, 0.15) is 42.5 Å². The molecule has 0 bridgehead atoms. The molecule has 2 aromatic heterocycles. The van der Waals surface area contributed by atoms with Crippen LogP contribution in [0.2, 0.25) is 0 Å². The van der Waals surface area contributed by atoms with Crippen molar-refractivity contribution in [2.24, 2.45) is 0 Å². The van der Waals surface area contributed by atoms with E-state index < -0.39 is 0 Å². The molecule has 0 amide bonds. The molecule has 0 fully saturated rings. The number of methoxy groups -OCH3 is 1. The Bertz CT molecular complexity index is 671. The van der Waals surface area contributed by atoms with Gasteiger partial charge >= 0.3 is 0 Å². The lowest BCUT2D eigenvalue weighted by molar-refractivity contribution is 0.394. The summed E-state index contributed by atoms with van der Waals surface area (Å²) in [6.07, 6.45) is 6.85. The highest BCUT2D eigenvalue weighted by Crippen LogP contribution is 2.38. The Kier molecular flexibility index (Phi) is 4.21. The van der Waals surface area contributed by atoms with Gasteiger partial charge in [-0.1, -0.05) is 18.9 Å². The molecule has 0 spiro atoms. The second kappa shape index (κ2) is 6.28. The maximum Gasteiger partial charge on any atom is 0.232 e. The number of ether oxygens (including phenoxy) is 1. The molecule has 108 valence electrons. The summed E-state index contributed by atoms with van der Waals surface area (Å²) >= 11 is 1.68. The topological polar surface area (TPSA) is 45.9 Å². The van der Waals surface area contributed by atoms with E-state index in [0.717, 1.165) is 29.0 Å². The lowest BCUT2D eigenvalue weighted by atomic mass is 9.91. The fourth-order valence-corrected chi connectivity index (χ4v) is 3.82. The number of rotatable bonds is 2. The van der Waals surface area contributed by atoms with Crippen LogP contribution < -0.4 is 4.74 Å². The van der Waals surface area contributed by atoms with Gasteiger partial charge in [0.05, 0.1) is 7.11 Å². The molecular weight excluding hydrogens is 280 g/mol. The average Bonchev–Trinajstić information content (AvgIpc) is 3.00. The molecule has 0 radical (unpaired) electrons. The van der Waals surface area contributed by atoms with Gasteiger partial charge in [0, 0.05) is 16.1 Å². The maximum atomic E-state index is 9.59. The lowest BCUT2D eigenvalue weighted by Gasteiger charge is -2.19. The van der Waals surface area contributed by atoms with Gasteiger partial charge in [0.25, 0.3) is 0 Å². The maximum absolute atomic E-state index is 9.59. The lowest BCUT2D eigenvalue weighted by Crippen LogP contribution is -2.08. The molecule has 1 aliphatic carbocycles. The molecule has 0 atom stereocenters. The average molecular weight is 298 g/mol. The minimum Gasteiger partial charge on any atom is -0.480 e. The summed E-state index contributed by atoms with van der Waals surface area (Å²) in [5.41, 5.74) is 4.01. The molecule has 3 rings (SSSR count). The summed E-state index contributed by atoms with van der Waals surface area (Å²) in [4.78, 5) is 5.78. The standard InChI is InChI=1S/C17H18N2OS/c1-20-17-13(11-18)16(15-9-6-10-21-15)12-7-4-2-3-5-8-14(12)19-17/h6,9-10H,2-5,7-8H2,1H3. The van der Waals surface area contributed by atoms with Crippen molar-refractivity contribution in [2.75, 3.05) is 7.11 Å². The number of hydrogen-bond donors (Lipinski definition) is 0. The Balaban J connectivity index is 2.27. The number of nitriles is 1. The van der Waals surface area contributed by atoms with Crippen LogP contribution >= 0.6 is 11.3 Å². The minimum absolute atomic E-state index is 0.472. The van der Waals surface area contributed by atoms with Crippen molar-refractivity contribution in [1.82, 2.24) is 4.98 Å². The number of pyridine rings is 1. The molecule has 2 aromatic rings. The third-order valence-electron chi connectivity index (χ3n) is 4.01. The van der Waals surface area contributed by atoms with E-state index in [4.69, 9.17) is 4.74 Å². The number of thiophene rings is 1. The van der Waals surface area contributed by atoms with Crippen LogP contribution in [-0.4, -0.2) is 12.1 Å². The van der Waals surface area contributed by atoms with E-state index in [0.29, 0.717) is 11.4 Å². The molecule has 21 heavy (non-hydrogen) atoms. The molecule has 4 heteroatoms. The van der Waals surface area contributed by atoms with Gasteiger partial charge in [-0.15, -0.1) is 11.3 Å². The smallest absolute Gasteiger partial charge is 0.232 e. The normalized spacial score (nSPS) is 14.7. The minimum atomic E-state index is 0.472.